The van der Waals surface area contributed by atoms with E-state index in [-0.39, 0.29) is 5.91 Å². The van der Waals surface area contributed by atoms with E-state index in [2.05, 4.69) is 10.3 Å². The topological polar surface area (TPSA) is 70.7 Å². The first-order chi connectivity index (χ1) is 8.40. The van der Waals surface area contributed by atoms with Gasteiger partial charge in [-0.15, -0.1) is 0 Å². The normalized spacial score (nSPS) is 13.1. The molecule has 1 rings (SSSR count). The molecule has 98 valence electrons. The molecule has 0 fully saturated rings. The molecule has 0 aliphatic carbocycles. The molecule has 1 aromatic rings. The predicted octanol–water partition coefficient (Wildman–Crippen LogP) is 1.58. The Labute approximate surface area is 108 Å². The van der Waals surface area contributed by atoms with Crippen molar-refractivity contribution in [3.63, 3.8) is 0 Å². The minimum Gasteiger partial charge on any atom is -0.366 e. The summed E-state index contributed by atoms with van der Waals surface area (Å²) >= 11 is 0. The maximum Gasteiger partial charge on any atom is 0.240 e. The molecule has 0 aliphatic rings. The smallest absolute Gasteiger partial charge is 0.240 e. The van der Waals surface area contributed by atoms with Gasteiger partial charge in [0.15, 0.2) is 0 Å². The number of amides is 1. The van der Waals surface area contributed by atoms with Gasteiger partial charge in [-0.2, -0.15) is 0 Å². The predicted molar refractivity (Wildman–Crippen MR) is 75.2 cm³/mol. The van der Waals surface area contributed by atoms with Crippen LogP contribution < -0.4 is 11.1 Å². The summed E-state index contributed by atoms with van der Waals surface area (Å²) in [6.45, 7) is 3.58. The number of anilines is 1. The average Bonchev–Trinajstić information content (AvgIpc) is 2.31. The molecule has 0 aliphatic heterocycles. The van der Waals surface area contributed by atoms with Crippen LogP contribution in [0.25, 0.3) is 0 Å². The highest BCUT2D eigenvalue weighted by Gasteiger charge is 2.06. The van der Waals surface area contributed by atoms with Gasteiger partial charge < -0.3 is 16.0 Å². The first kappa shape index (κ1) is 14.2. The van der Waals surface area contributed by atoms with Crippen molar-refractivity contribution < 1.29 is 4.79 Å². The summed E-state index contributed by atoms with van der Waals surface area (Å²) in [7, 11) is 3.88. The van der Waals surface area contributed by atoms with E-state index in [1.54, 1.807) is 6.92 Å². The lowest BCUT2D eigenvalue weighted by Gasteiger charge is -2.11. The lowest BCUT2D eigenvalue weighted by molar-refractivity contribution is -0.117. The van der Waals surface area contributed by atoms with Crippen LogP contribution in [0.15, 0.2) is 29.3 Å². The fraction of sp³-hybridized carbons (Fsp3) is 0.385. The number of hydrogen-bond acceptors (Lipinski definition) is 3. The third kappa shape index (κ3) is 4.18. The number of aliphatic imine (C=N–C) groups is 1. The number of nitrogens with zero attached hydrogens (tertiary/aromatic N) is 2. The van der Waals surface area contributed by atoms with Gasteiger partial charge in [0, 0.05) is 19.8 Å². The second-order valence-corrected chi connectivity index (χ2v) is 4.38. The highest BCUT2D eigenvalue weighted by Crippen LogP contribution is 2.16. The van der Waals surface area contributed by atoms with E-state index in [1.807, 2.05) is 50.2 Å². The highest BCUT2D eigenvalue weighted by molar-refractivity contribution is 5.94. The molecular formula is C13H20N4O. The van der Waals surface area contributed by atoms with Crippen molar-refractivity contribution in [3.8, 4) is 0 Å². The molecule has 0 saturated carbocycles. The van der Waals surface area contributed by atoms with Gasteiger partial charge >= 0.3 is 0 Å². The quantitative estimate of drug-likeness (QED) is 0.630. The summed E-state index contributed by atoms with van der Waals surface area (Å²) in [5.41, 5.74) is 7.04. The minimum absolute atomic E-state index is 0.198. The van der Waals surface area contributed by atoms with E-state index in [1.165, 1.54) is 0 Å². The first-order valence-electron chi connectivity index (χ1n) is 5.79. The Morgan fingerprint density at radius 2 is 1.89 bits per heavy atom. The second-order valence-electron chi connectivity index (χ2n) is 4.38. The highest BCUT2D eigenvalue weighted by atomic mass is 16.2. The van der Waals surface area contributed by atoms with Gasteiger partial charge in [-0.05, 0) is 38.1 Å². The number of hydrogen-bond donors (Lipinski definition) is 2. The average molecular weight is 248 g/mol. The molecule has 5 heteroatoms. The molecule has 0 unspecified atom stereocenters. The van der Waals surface area contributed by atoms with Crippen molar-refractivity contribution in [1.82, 2.24) is 4.90 Å². The number of benzene rings is 1. The molecule has 0 aromatic heterocycles. The van der Waals surface area contributed by atoms with E-state index in [4.69, 9.17) is 5.73 Å². The van der Waals surface area contributed by atoms with Crippen LogP contribution >= 0.6 is 0 Å². The molecule has 3 N–H and O–H groups in total. The molecule has 5 nitrogen and oxygen atoms in total. The van der Waals surface area contributed by atoms with Crippen LogP contribution in [0.3, 0.4) is 0 Å². The lowest BCUT2D eigenvalue weighted by atomic mass is 10.2. The maximum absolute atomic E-state index is 11.4. The van der Waals surface area contributed by atoms with Crippen LogP contribution in [0.1, 0.15) is 13.8 Å². The Balaban J connectivity index is 2.75. The first-order valence-corrected chi connectivity index (χ1v) is 5.79. The number of amidine groups is 1. The lowest BCUT2D eigenvalue weighted by Crippen LogP contribution is -2.32. The Morgan fingerprint density at radius 1 is 1.33 bits per heavy atom. The molecule has 1 amide bonds. The maximum atomic E-state index is 11.4. The van der Waals surface area contributed by atoms with E-state index in [0.717, 1.165) is 17.2 Å². The van der Waals surface area contributed by atoms with E-state index in [0.29, 0.717) is 0 Å². The Hall–Kier alpha value is -1.88. The molecule has 1 atom stereocenters. The van der Waals surface area contributed by atoms with Crippen LogP contribution in [0.4, 0.5) is 11.4 Å². The van der Waals surface area contributed by atoms with Crippen LogP contribution in [0.2, 0.25) is 0 Å². The van der Waals surface area contributed by atoms with Crippen molar-refractivity contribution in [2.75, 3.05) is 19.4 Å². The molecule has 0 radical (unpaired) electrons. The Kier molecular flexibility index (Phi) is 4.85. The zero-order valence-corrected chi connectivity index (χ0v) is 11.3. The number of nitrogens with one attached hydrogen (secondary N) is 1. The second kappa shape index (κ2) is 6.16. The van der Waals surface area contributed by atoms with E-state index in [9.17, 15) is 4.79 Å². The fourth-order valence-electron chi connectivity index (χ4n) is 1.16. The number of carbonyl (C=O) groups excluding carboxylic acids is 1. The largest absolute Gasteiger partial charge is 0.366 e. The SMILES string of the molecule is C/C(=N\c1ccc(NC(=O)[C@H](C)N)cc1)N(C)C. The minimum atomic E-state index is -0.515. The van der Waals surface area contributed by atoms with Crippen molar-refractivity contribution >= 4 is 23.1 Å². The van der Waals surface area contributed by atoms with E-state index >= 15 is 0 Å². The van der Waals surface area contributed by atoms with Crippen molar-refractivity contribution in [2.45, 2.75) is 19.9 Å². The van der Waals surface area contributed by atoms with Gasteiger partial charge in [0.2, 0.25) is 5.91 Å². The summed E-state index contributed by atoms with van der Waals surface area (Å²) in [6.07, 6.45) is 0. The van der Waals surface area contributed by atoms with Crippen LogP contribution in [0, 0.1) is 0 Å². The zero-order chi connectivity index (χ0) is 13.7. The van der Waals surface area contributed by atoms with Crippen LogP contribution in [0.5, 0.6) is 0 Å². The van der Waals surface area contributed by atoms with E-state index < -0.39 is 6.04 Å². The Morgan fingerprint density at radius 3 is 2.33 bits per heavy atom. The molecule has 0 spiro atoms. The molecule has 18 heavy (non-hydrogen) atoms. The van der Waals surface area contributed by atoms with Crippen LogP contribution in [-0.2, 0) is 4.79 Å². The molecule has 0 saturated heterocycles. The van der Waals surface area contributed by atoms with Gasteiger partial charge in [0.05, 0.1) is 11.7 Å². The van der Waals surface area contributed by atoms with Crippen molar-refractivity contribution in [3.05, 3.63) is 24.3 Å². The van der Waals surface area contributed by atoms with Gasteiger partial charge in [0.25, 0.3) is 0 Å². The third-order valence-electron chi connectivity index (χ3n) is 2.49. The molecule has 0 heterocycles. The number of nitrogens with two attached hydrogens (primary N) is 1. The Bertz CT molecular complexity index is 435. The number of carbonyl (C=O) groups is 1. The molecule has 0 bridgehead atoms. The summed E-state index contributed by atoms with van der Waals surface area (Å²) in [6, 6.07) is 6.80. The molecule has 1 aromatic carbocycles. The summed E-state index contributed by atoms with van der Waals surface area (Å²) in [5.74, 6) is 0.720. The van der Waals surface area contributed by atoms with Gasteiger partial charge in [-0.3, -0.25) is 4.79 Å². The standard InChI is InChI=1S/C13H20N4O/c1-9(14)13(18)16-12-7-5-11(6-8-12)15-10(2)17(3)4/h5-9H,14H2,1-4H3,(H,16,18)/b15-10+/t9-/m0/s1. The summed E-state index contributed by atoms with van der Waals surface area (Å²) in [5, 5.41) is 2.72. The summed E-state index contributed by atoms with van der Waals surface area (Å²) < 4.78 is 0. The van der Waals surface area contributed by atoms with Crippen molar-refractivity contribution in [2.24, 2.45) is 10.7 Å². The van der Waals surface area contributed by atoms with Gasteiger partial charge in [0.1, 0.15) is 5.84 Å². The zero-order valence-electron chi connectivity index (χ0n) is 11.3. The van der Waals surface area contributed by atoms with Crippen LogP contribution in [-0.4, -0.2) is 36.8 Å². The fourth-order valence-corrected chi connectivity index (χ4v) is 1.16. The third-order valence-corrected chi connectivity index (χ3v) is 2.49. The van der Waals surface area contributed by atoms with Crippen molar-refractivity contribution in [1.29, 1.82) is 0 Å². The molecular weight excluding hydrogens is 228 g/mol. The van der Waals surface area contributed by atoms with Gasteiger partial charge in [-0.25, -0.2) is 4.99 Å². The van der Waals surface area contributed by atoms with Gasteiger partial charge in [-0.1, -0.05) is 0 Å². The number of rotatable bonds is 3. The monoisotopic (exact) mass is 248 g/mol. The summed E-state index contributed by atoms with van der Waals surface area (Å²) in [4.78, 5) is 17.7.